The van der Waals surface area contributed by atoms with Crippen molar-refractivity contribution in [2.24, 2.45) is 0 Å². The first-order valence-electron chi connectivity index (χ1n) is 6.24. The SMILES string of the molecule is CNc1ccc(CN2CCN(C)CC2C)cn1. The molecule has 2 rings (SSSR count). The third kappa shape index (κ3) is 3.17. The van der Waals surface area contributed by atoms with Crippen LogP contribution in [-0.4, -0.2) is 54.6 Å². The summed E-state index contributed by atoms with van der Waals surface area (Å²) >= 11 is 0. The van der Waals surface area contributed by atoms with Gasteiger partial charge in [0.2, 0.25) is 0 Å². The molecule has 2 heterocycles. The van der Waals surface area contributed by atoms with Crippen molar-refractivity contribution in [3.8, 4) is 0 Å². The highest BCUT2D eigenvalue weighted by molar-refractivity contribution is 5.34. The molecule has 0 spiro atoms. The van der Waals surface area contributed by atoms with Crippen LogP contribution >= 0.6 is 0 Å². The van der Waals surface area contributed by atoms with Gasteiger partial charge in [-0.15, -0.1) is 0 Å². The fourth-order valence-corrected chi connectivity index (χ4v) is 2.31. The predicted octanol–water partition coefficient (Wildman–Crippen LogP) is 1.26. The Hall–Kier alpha value is -1.13. The molecule has 0 aliphatic carbocycles. The van der Waals surface area contributed by atoms with Crippen LogP contribution in [0.2, 0.25) is 0 Å². The number of likely N-dealkylation sites (N-methyl/N-ethyl adjacent to an activating group) is 1. The van der Waals surface area contributed by atoms with Crippen LogP contribution in [0.3, 0.4) is 0 Å². The van der Waals surface area contributed by atoms with Crippen molar-refractivity contribution in [3.05, 3.63) is 23.9 Å². The summed E-state index contributed by atoms with van der Waals surface area (Å²) in [4.78, 5) is 9.27. The lowest BCUT2D eigenvalue weighted by molar-refractivity contribution is 0.0937. The molecular formula is C13H22N4. The maximum absolute atomic E-state index is 4.35. The van der Waals surface area contributed by atoms with Gasteiger partial charge in [0, 0.05) is 45.5 Å². The topological polar surface area (TPSA) is 31.4 Å². The number of hydrogen-bond acceptors (Lipinski definition) is 4. The first-order chi connectivity index (χ1) is 8.19. The quantitative estimate of drug-likeness (QED) is 0.853. The molecular weight excluding hydrogens is 212 g/mol. The average Bonchev–Trinajstić information content (AvgIpc) is 2.34. The normalized spacial score (nSPS) is 22.6. The molecule has 94 valence electrons. The molecule has 1 N–H and O–H groups in total. The van der Waals surface area contributed by atoms with Crippen LogP contribution in [0.1, 0.15) is 12.5 Å². The molecule has 0 radical (unpaired) electrons. The third-order valence-electron chi connectivity index (χ3n) is 3.43. The zero-order valence-electron chi connectivity index (χ0n) is 11.0. The van der Waals surface area contributed by atoms with Crippen LogP contribution in [-0.2, 0) is 6.54 Å². The van der Waals surface area contributed by atoms with E-state index in [1.165, 1.54) is 5.56 Å². The summed E-state index contributed by atoms with van der Waals surface area (Å²) < 4.78 is 0. The summed E-state index contributed by atoms with van der Waals surface area (Å²) in [5.74, 6) is 0.931. The molecule has 4 heteroatoms. The van der Waals surface area contributed by atoms with Crippen LogP contribution in [0.5, 0.6) is 0 Å². The van der Waals surface area contributed by atoms with E-state index in [1.807, 2.05) is 19.3 Å². The van der Waals surface area contributed by atoms with Gasteiger partial charge in [0.15, 0.2) is 0 Å². The highest BCUT2D eigenvalue weighted by Crippen LogP contribution is 2.13. The number of aromatic nitrogens is 1. The number of pyridine rings is 1. The van der Waals surface area contributed by atoms with E-state index < -0.39 is 0 Å². The molecule has 1 aromatic rings. The Morgan fingerprint density at radius 1 is 1.41 bits per heavy atom. The second kappa shape index (κ2) is 5.47. The van der Waals surface area contributed by atoms with Crippen molar-refractivity contribution in [3.63, 3.8) is 0 Å². The fourth-order valence-electron chi connectivity index (χ4n) is 2.31. The largest absolute Gasteiger partial charge is 0.373 e. The van der Waals surface area contributed by atoms with Crippen LogP contribution in [0, 0.1) is 0 Å². The molecule has 1 atom stereocenters. The zero-order chi connectivity index (χ0) is 12.3. The zero-order valence-corrected chi connectivity index (χ0v) is 11.0. The van der Waals surface area contributed by atoms with E-state index in [0.717, 1.165) is 32.0 Å². The number of hydrogen-bond donors (Lipinski definition) is 1. The number of nitrogens with one attached hydrogen (secondary N) is 1. The van der Waals surface area contributed by atoms with E-state index in [1.54, 1.807) is 0 Å². The standard InChI is InChI=1S/C13H22N4/c1-11-9-16(3)6-7-17(11)10-12-4-5-13(14-2)15-8-12/h4-5,8,11H,6-7,9-10H2,1-3H3,(H,14,15). The Bertz CT molecular complexity index is 349. The highest BCUT2D eigenvalue weighted by atomic mass is 15.3. The van der Waals surface area contributed by atoms with Crippen molar-refractivity contribution in [2.45, 2.75) is 19.5 Å². The van der Waals surface area contributed by atoms with Gasteiger partial charge in [-0.3, -0.25) is 4.90 Å². The van der Waals surface area contributed by atoms with Gasteiger partial charge in [-0.25, -0.2) is 4.98 Å². The molecule has 0 bridgehead atoms. The molecule has 4 nitrogen and oxygen atoms in total. The number of piperazine rings is 1. The van der Waals surface area contributed by atoms with E-state index in [-0.39, 0.29) is 0 Å². The summed E-state index contributed by atoms with van der Waals surface area (Å²) in [6, 6.07) is 4.82. The van der Waals surface area contributed by atoms with Crippen molar-refractivity contribution in [2.75, 3.05) is 39.0 Å². The Labute approximate surface area is 104 Å². The Morgan fingerprint density at radius 2 is 2.24 bits per heavy atom. The molecule has 1 aliphatic rings. The second-order valence-electron chi connectivity index (χ2n) is 4.88. The second-order valence-corrected chi connectivity index (χ2v) is 4.88. The van der Waals surface area contributed by atoms with Gasteiger partial charge in [-0.1, -0.05) is 6.07 Å². The van der Waals surface area contributed by atoms with E-state index in [2.05, 4.69) is 40.1 Å². The average molecular weight is 234 g/mol. The number of nitrogens with zero attached hydrogens (tertiary/aromatic N) is 3. The lowest BCUT2D eigenvalue weighted by atomic mass is 10.1. The third-order valence-corrected chi connectivity index (χ3v) is 3.43. The van der Waals surface area contributed by atoms with Crippen LogP contribution in [0.4, 0.5) is 5.82 Å². The number of rotatable bonds is 3. The first kappa shape index (κ1) is 12.3. The molecule has 1 fully saturated rings. The van der Waals surface area contributed by atoms with Gasteiger partial charge in [-0.2, -0.15) is 0 Å². The molecule has 1 aliphatic heterocycles. The van der Waals surface area contributed by atoms with Gasteiger partial charge < -0.3 is 10.2 Å². The van der Waals surface area contributed by atoms with Gasteiger partial charge in [0.25, 0.3) is 0 Å². The summed E-state index contributed by atoms with van der Waals surface area (Å²) in [6.07, 6.45) is 1.97. The van der Waals surface area contributed by atoms with Crippen LogP contribution in [0.15, 0.2) is 18.3 Å². The number of anilines is 1. The Kier molecular flexibility index (Phi) is 3.97. The van der Waals surface area contributed by atoms with Gasteiger partial charge in [-0.05, 0) is 25.6 Å². The molecule has 1 unspecified atom stereocenters. The Morgan fingerprint density at radius 3 is 2.82 bits per heavy atom. The maximum atomic E-state index is 4.35. The van der Waals surface area contributed by atoms with E-state index in [9.17, 15) is 0 Å². The van der Waals surface area contributed by atoms with E-state index >= 15 is 0 Å². The molecule has 1 saturated heterocycles. The predicted molar refractivity (Wildman–Crippen MR) is 71.2 cm³/mol. The van der Waals surface area contributed by atoms with Gasteiger partial charge in [0.05, 0.1) is 0 Å². The van der Waals surface area contributed by atoms with Gasteiger partial charge in [0.1, 0.15) is 5.82 Å². The maximum Gasteiger partial charge on any atom is 0.125 e. The molecule has 0 aromatic carbocycles. The van der Waals surface area contributed by atoms with E-state index in [4.69, 9.17) is 0 Å². The van der Waals surface area contributed by atoms with Crippen molar-refractivity contribution >= 4 is 5.82 Å². The van der Waals surface area contributed by atoms with Crippen LogP contribution in [0.25, 0.3) is 0 Å². The summed E-state index contributed by atoms with van der Waals surface area (Å²) in [5, 5.41) is 3.04. The first-order valence-corrected chi connectivity index (χ1v) is 6.24. The minimum Gasteiger partial charge on any atom is -0.373 e. The van der Waals surface area contributed by atoms with Gasteiger partial charge >= 0.3 is 0 Å². The summed E-state index contributed by atoms with van der Waals surface area (Å²) in [7, 11) is 4.08. The van der Waals surface area contributed by atoms with Crippen LogP contribution < -0.4 is 5.32 Å². The van der Waals surface area contributed by atoms with E-state index in [0.29, 0.717) is 6.04 Å². The van der Waals surface area contributed by atoms with Crippen molar-refractivity contribution in [1.82, 2.24) is 14.8 Å². The fraction of sp³-hybridized carbons (Fsp3) is 0.615. The minimum absolute atomic E-state index is 0.623. The smallest absolute Gasteiger partial charge is 0.125 e. The summed E-state index contributed by atoms with van der Waals surface area (Å²) in [5.41, 5.74) is 1.29. The highest BCUT2D eigenvalue weighted by Gasteiger charge is 2.21. The molecule has 0 amide bonds. The van der Waals surface area contributed by atoms with Crippen molar-refractivity contribution in [1.29, 1.82) is 0 Å². The monoisotopic (exact) mass is 234 g/mol. The Balaban J connectivity index is 1.95. The lowest BCUT2D eigenvalue weighted by Crippen LogP contribution is -2.49. The molecule has 17 heavy (non-hydrogen) atoms. The lowest BCUT2D eigenvalue weighted by Gasteiger charge is -2.38. The van der Waals surface area contributed by atoms with Crippen molar-refractivity contribution < 1.29 is 0 Å². The molecule has 1 aromatic heterocycles. The minimum atomic E-state index is 0.623. The molecule has 0 saturated carbocycles. The summed E-state index contributed by atoms with van der Waals surface area (Å²) in [6.45, 7) is 6.76.